The van der Waals surface area contributed by atoms with E-state index in [0.717, 1.165) is 36.8 Å². The van der Waals surface area contributed by atoms with Crippen LogP contribution in [0.25, 0.3) is 0 Å². The van der Waals surface area contributed by atoms with Crippen molar-refractivity contribution in [2.24, 2.45) is 0 Å². The molecular weight excluding hydrogens is 295 g/mol. The van der Waals surface area contributed by atoms with Crippen molar-refractivity contribution >= 4 is 11.8 Å². The molecule has 2 aliphatic rings. The predicted molar refractivity (Wildman–Crippen MR) is 84.9 cm³/mol. The number of benzene rings is 1. The Morgan fingerprint density at radius 1 is 1.30 bits per heavy atom. The Kier molecular flexibility index (Phi) is 4.46. The molecule has 3 rings (SSSR count). The first kappa shape index (κ1) is 15.7. The summed E-state index contributed by atoms with van der Waals surface area (Å²) in [5.74, 6) is -0.452. The third-order valence-corrected chi connectivity index (χ3v) is 4.74. The SMILES string of the molecule is CNC(=O)CC1=C2CCCCC2N(Cc2ccc(F)cc2)C1=O. The molecule has 23 heavy (non-hydrogen) atoms. The van der Waals surface area contributed by atoms with Gasteiger partial charge in [-0.1, -0.05) is 18.6 Å². The van der Waals surface area contributed by atoms with E-state index >= 15 is 0 Å². The maximum atomic E-state index is 13.1. The fraction of sp³-hybridized carbons (Fsp3) is 0.444. The van der Waals surface area contributed by atoms with Crippen LogP contribution in [0.4, 0.5) is 4.39 Å². The van der Waals surface area contributed by atoms with Crippen LogP contribution in [0.15, 0.2) is 35.4 Å². The molecule has 1 aromatic rings. The van der Waals surface area contributed by atoms with Gasteiger partial charge in [-0.25, -0.2) is 4.39 Å². The number of halogens is 1. The van der Waals surface area contributed by atoms with Crippen LogP contribution in [0, 0.1) is 5.82 Å². The van der Waals surface area contributed by atoms with E-state index in [-0.39, 0.29) is 30.1 Å². The summed E-state index contributed by atoms with van der Waals surface area (Å²) in [5.41, 5.74) is 2.70. The molecule has 1 fully saturated rings. The van der Waals surface area contributed by atoms with Crippen LogP contribution in [-0.4, -0.2) is 29.8 Å². The summed E-state index contributed by atoms with van der Waals surface area (Å²) in [6, 6.07) is 6.34. The highest BCUT2D eigenvalue weighted by Crippen LogP contribution is 2.38. The molecule has 1 aromatic carbocycles. The molecule has 0 aromatic heterocycles. The number of fused-ring (bicyclic) bond motifs is 1. The lowest BCUT2D eigenvalue weighted by Gasteiger charge is -2.30. The Balaban J connectivity index is 1.83. The normalized spacial score (nSPS) is 20.7. The zero-order valence-corrected chi connectivity index (χ0v) is 13.3. The minimum atomic E-state index is -0.279. The van der Waals surface area contributed by atoms with Crippen LogP contribution >= 0.6 is 0 Å². The number of hydrogen-bond acceptors (Lipinski definition) is 2. The number of hydrogen-bond donors (Lipinski definition) is 1. The molecule has 122 valence electrons. The zero-order chi connectivity index (χ0) is 16.4. The van der Waals surface area contributed by atoms with Gasteiger partial charge in [0, 0.05) is 19.2 Å². The minimum absolute atomic E-state index is 0.0418. The van der Waals surface area contributed by atoms with Gasteiger partial charge in [0.05, 0.1) is 12.5 Å². The van der Waals surface area contributed by atoms with E-state index in [2.05, 4.69) is 5.32 Å². The third kappa shape index (κ3) is 3.14. The molecule has 1 aliphatic heterocycles. The van der Waals surface area contributed by atoms with Gasteiger partial charge in [0.15, 0.2) is 0 Å². The molecule has 5 heteroatoms. The molecule has 1 saturated carbocycles. The Morgan fingerprint density at radius 3 is 2.74 bits per heavy atom. The second-order valence-electron chi connectivity index (χ2n) is 6.17. The molecule has 1 atom stereocenters. The van der Waals surface area contributed by atoms with Gasteiger partial charge in [-0.15, -0.1) is 0 Å². The van der Waals surface area contributed by atoms with Gasteiger partial charge < -0.3 is 10.2 Å². The summed E-state index contributed by atoms with van der Waals surface area (Å²) >= 11 is 0. The van der Waals surface area contributed by atoms with E-state index in [9.17, 15) is 14.0 Å². The van der Waals surface area contributed by atoms with E-state index in [1.807, 2.05) is 4.90 Å². The van der Waals surface area contributed by atoms with Gasteiger partial charge in [-0.05, 0) is 42.5 Å². The van der Waals surface area contributed by atoms with Crippen LogP contribution in [-0.2, 0) is 16.1 Å². The van der Waals surface area contributed by atoms with E-state index < -0.39 is 0 Å². The average molecular weight is 316 g/mol. The minimum Gasteiger partial charge on any atom is -0.359 e. The Morgan fingerprint density at radius 2 is 2.04 bits per heavy atom. The summed E-state index contributed by atoms with van der Waals surface area (Å²) in [6.07, 6.45) is 4.15. The molecular formula is C18H21FN2O2. The molecule has 0 spiro atoms. The van der Waals surface area contributed by atoms with Crippen LogP contribution in [0.5, 0.6) is 0 Å². The van der Waals surface area contributed by atoms with Crippen molar-refractivity contribution in [3.8, 4) is 0 Å². The van der Waals surface area contributed by atoms with Crippen LogP contribution in [0.3, 0.4) is 0 Å². The Bertz CT molecular complexity index is 651. The summed E-state index contributed by atoms with van der Waals surface area (Å²) in [4.78, 5) is 26.4. The lowest BCUT2D eigenvalue weighted by molar-refractivity contribution is -0.129. The fourth-order valence-corrected chi connectivity index (χ4v) is 3.55. The molecule has 0 radical (unpaired) electrons. The smallest absolute Gasteiger partial charge is 0.251 e. The van der Waals surface area contributed by atoms with E-state index in [1.54, 1.807) is 19.2 Å². The number of nitrogens with one attached hydrogen (secondary N) is 1. The largest absolute Gasteiger partial charge is 0.359 e. The average Bonchev–Trinajstić information content (AvgIpc) is 2.82. The van der Waals surface area contributed by atoms with Crippen molar-refractivity contribution < 1.29 is 14.0 Å². The molecule has 4 nitrogen and oxygen atoms in total. The summed E-state index contributed by atoms with van der Waals surface area (Å²) < 4.78 is 13.1. The molecule has 0 saturated heterocycles. The van der Waals surface area contributed by atoms with Gasteiger partial charge in [0.25, 0.3) is 5.91 Å². The third-order valence-electron chi connectivity index (χ3n) is 4.74. The molecule has 2 amide bonds. The van der Waals surface area contributed by atoms with Gasteiger partial charge in [-0.3, -0.25) is 9.59 Å². The van der Waals surface area contributed by atoms with Crippen LogP contribution in [0.1, 0.15) is 37.7 Å². The van der Waals surface area contributed by atoms with Crippen molar-refractivity contribution in [1.82, 2.24) is 10.2 Å². The van der Waals surface area contributed by atoms with E-state index in [4.69, 9.17) is 0 Å². The lowest BCUT2D eigenvalue weighted by Crippen LogP contribution is -2.36. The molecule has 1 N–H and O–H groups in total. The Hall–Kier alpha value is -2.17. The fourth-order valence-electron chi connectivity index (χ4n) is 3.55. The van der Waals surface area contributed by atoms with Crippen LogP contribution in [0.2, 0.25) is 0 Å². The first-order valence-corrected chi connectivity index (χ1v) is 8.08. The predicted octanol–water partition coefficient (Wildman–Crippen LogP) is 2.54. The maximum absolute atomic E-state index is 13.1. The van der Waals surface area contributed by atoms with Gasteiger partial charge in [0.1, 0.15) is 5.82 Å². The molecule has 1 unspecified atom stereocenters. The quantitative estimate of drug-likeness (QED) is 0.928. The van der Waals surface area contributed by atoms with Crippen molar-refractivity contribution in [1.29, 1.82) is 0 Å². The molecule has 1 aliphatic carbocycles. The number of amides is 2. The number of rotatable bonds is 4. The second kappa shape index (κ2) is 6.52. The van der Waals surface area contributed by atoms with Gasteiger partial charge in [-0.2, -0.15) is 0 Å². The highest BCUT2D eigenvalue weighted by Gasteiger charge is 2.40. The highest BCUT2D eigenvalue weighted by atomic mass is 19.1. The van der Waals surface area contributed by atoms with E-state index in [0.29, 0.717) is 12.1 Å². The highest BCUT2D eigenvalue weighted by molar-refractivity contribution is 6.02. The van der Waals surface area contributed by atoms with Crippen molar-refractivity contribution in [3.63, 3.8) is 0 Å². The summed E-state index contributed by atoms with van der Waals surface area (Å²) in [5, 5.41) is 2.59. The van der Waals surface area contributed by atoms with Gasteiger partial charge >= 0.3 is 0 Å². The molecule has 0 bridgehead atoms. The zero-order valence-electron chi connectivity index (χ0n) is 13.3. The van der Waals surface area contributed by atoms with Crippen molar-refractivity contribution in [3.05, 3.63) is 46.8 Å². The van der Waals surface area contributed by atoms with Crippen molar-refractivity contribution in [2.45, 2.75) is 44.7 Å². The monoisotopic (exact) mass is 316 g/mol. The van der Waals surface area contributed by atoms with Crippen molar-refractivity contribution in [2.75, 3.05) is 7.05 Å². The summed E-state index contributed by atoms with van der Waals surface area (Å²) in [6.45, 7) is 0.463. The van der Waals surface area contributed by atoms with Gasteiger partial charge in [0.2, 0.25) is 5.91 Å². The first-order chi connectivity index (χ1) is 11.1. The lowest BCUT2D eigenvalue weighted by atomic mass is 9.88. The van der Waals surface area contributed by atoms with E-state index in [1.165, 1.54) is 12.1 Å². The topological polar surface area (TPSA) is 49.4 Å². The maximum Gasteiger partial charge on any atom is 0.251 e. The second-order valence-corrected chi connectivity index (χ2v) is 6.17. The number of carbonyl (C=O) groups is 2. The number of nitrogens with zero attached hydrogens (tertiary/aromatic N) is 1. The summed E-state index contributed by atoms with van der Waals surface area (Å²) in [7, 11) is 1.58. The van der Waals surface area contributed by atoms with Crippen LogP contribution < -0.4 is 5.32 Å². The first-order valence-electron chi connectivity index (χ1n) is 8.08. The standard InChI is InChI=1S/C18H21FN2O2/c1-20-17(22)10-15-14-4-2-3-5-16(14)21(18(15)23)11-12-6-8-13(19)9-7-12/h6-9,16H,2-5,10-11H2,1H3,(H,20,22). The molecule has 1 heterocycles. The number of carbonyl (C=O) groups excluding carboxylic acids is 2. The Labute approximate surface area is 135 Å².